The minimum Gasteiger partial charge on any atom is -0.382 e. The van der Waals surface area contributed by atoms with Gasteiger partial charge in [-0.2, -0.15) is 0 Å². The summed E-state index contributed by atoms with van der Waals surface area (Å²) in [5.41, 5.74) is 2.62. The van der Waals surface area contributed by atoms with Crippen LogP contribution in [0.1, 0.15) is 44.6 Å². The topological polar surface area (TPSA) is 12.0 Å². The largest absolute Gasteiger partial charge is 0.382 e. The zero-order valence-corrected chi connectivity index (χ0v) is 10.5. The molecule has 2 atom stereocenters. The van der Waals surface area contributed by atoms with Crippen molar-refractivity contribution in [3.8, 4) is 0 Å². The fourth-order valence-electron chi connectivity index (χ4n) is 2.52. The average Bonchev–Trinajstić information content (AvgIpc) is 2.47. The third kappa shape index (κ3) is 3.26. The van der Waals surface area contributed by atoms with E-state index >= 15 is 0 Å². The van der Waals surface area contributed by atoms with E-state index in [1.807, 2.05) is 0 Å². The summed E-state index contributed by atoms with van der Waals surface area (Å²) < 4.78 is 0. The summed E-state index contributed by atoms with van der Waals surface area (Å²) in [7, 11) is 0. The zero-order chi connectivity index (χ0) is 11.4. The van der Waals surface area contributed by atoms with E-state index in [-0.39, 0.29) is 0 Å². The predicted octanol–water partition coefficient (Wildman–Crippen LogP) is 4.38. The molecular formula is C15H23N. The molecule has 1 nitrogen and oxygen atoms in total. The van der Waals surface area contributed by atoms with Crippen LogP contribution in [-0.2, 0) is 0 Å². The van der Waals surface area contributed by atoms with Crippen molar-refractivity contribution in [2.45, 2.75) is 52.0 Å². The molecule has 2 rings (SSSR count). The maximum absolute atomic E-state index is 3.67. The SMILES string of the molecule is Cc1ccc(NC2CCCC(C)CC2)cc1. The minimum absolute atomic E-state index is 0.688. The predicted molar refractivity (Wildman–Crippen MR) is 70.8 cm³/mol. The normalized spacial score (nSPS) is 26.1. The minimum atomic E-state index is 0.688. The molecule has 1 fully saturated rings. The maximum Gasteiger partial charge on any atom is 0.0342 e. The molecule has 0 bridgehead atoms. The molecule has 1 heteroatoms. The van der Waals surface area contributed by atoms with Crippen LogP contribution in [0.5, 0.6) is 0 Å². The van der Waals surface area contributed by atoms with Crippen LogP contribution in [0.15, 0.2) is 24.3 Å². The molecule has 0 heterocycles. The molecule has 1 aliphatic rings. The maximum atomic E-state index is 3.67. The van der Waals surface area contributed by atoms with E-state index < -0.39 is 0 Å². The fourth-order valence-corrected chi connectivity index (χ4v) is 2.52. The number of nitrogens with one attached hydrogen (secondary N) is 1. The van der Waals surface area contributed by atoms with Crippen LogP contribution < -0.4 is 5.32 Å². The highest BCUT2D eigenvalue weighted by Gasteiger charge is 2.15. The van der Waals surface area contributed by atoms with E-state index in [1.54, 1.807) is 0 Å². The second-order valence-corrected chi connectivity index (χ2v) is 5.32. The molecule has 88 valence electrons. The Morgan fingerprint density at radius 3 is 2.50 bits per heavy atom. The lowest BCUT2D eigenvalue weighted by Gasteiger charge is -2.17. The molecule has 0 amide bonds. The quantitative estimate of drug-likeness (QED) is 0.725. The standard InChI is InChI=1S/C15H23N/c1-12-4-3-5-14(9-6-12)16-15-10-7-13(2)8-11-15/h7-8,10-12,14,16H,3-6,9H2,1-2H3. The second-order valence-electron chi connectivity index (χ2n) is 5.32. The number of hydrogen-bond acceptors (Lipinski definition) is 1. The molecule has 0 spiro atoms. The summed E-state index contributed by atoms with van der Waals surface area (Å²) in [6.45, 7) is 4.52. The van der Waals surface area contributed by atoms with Gasteiger partial charge < -0.3 is 5.32 Å². The molecule has 0 saturated heterocycles. The Morgan fingerprint density at radius 2 is 1.75 bits per heavy atom. The van der Waals surface area contributed by atoms with Crippen molar-refractivity contribution in [3.05, 3.63) is 29.8 Å². The number of rotatable bonds is 2. The third-order valence-electron chi connectivity index (χ3n) is 3.68. The van der Waals surface area contributed by atoms with E-state index in [0.29, 0.717) is 6.04 Å². The number of hydrogen-bond donors (Lipinski definition) is 1. The van der Waals surface area contributed by atoms with Gasteiger partial charge in [-0.15, -0.1) is 0 Å². The summed E-state index contributed by atoms with van der Waals surface area (Å²) in [6, 6.07) is 9.45. The van der Waals surface area contributed by atoms with Crippen LogP contribution in [0.4, 0.5) is 5.69 Å². The van der Waals surface area contributed by atoms with E-state index in [0.717, 1.165) is 5.92 Å². The summed E-state index contributed by atoms with van der Waals surface area (Å²) in [5, 5.41) is 3.67. The third-order valence-corrected chi connectivity index (χ3v) is 3.68. The summed E-state index contributed by atoms with van der Waals surface area (Å²) in [5.74, 6) is 0.921. The van der Waals surface area contributed by atoms with E-state index in [2.05, 4.69) is 43.4 Å². The van der Waals surface area contributed by atoms with Gasteiger partial charge in [-0.25, -0.2) is 0 Å². The highest BCUT2D eigenvalue weighted by Crippen LogP contribution is 2.25. The van der Waals surface area contributed by atoms with Gasteiger partial charge >= 0.3 is 0 Å². The Hall–Kier alpha value is -0.980. The van der Waals surface area contributed by atoms with Crippen LogP contribution in [0, 0.1) is 12.8 Å². The highest BCUT2D eigenvalue weighted by atomic mass is 14.9. The van der Waals surface area contributed by atoms with Crippen LogP contribution in [0.2, 0.25) is 0 Å². The van der Waals surface area contributed by atoms with Crippen LogP contribution in [-0.4, -0.2) is 6.04 Å². The molecule has 0 aliphatic heterocycles. The molecule has 0 radical (unpaired) electrons. The Morgan fingerprint density at radius 1 is 1.00 bits per heavy atom. The first kappa shape index (κ1) is 11.5. The molecule has 0 aromatic heterocycles. The van der Waals surface area contributed by atoms with Gasteiger partial charge in [0.25, 0.3) is 0 Å². The van der Waals surface area contributed by atoms with Crippen LogP contribution in [0.25, 0.3) is 0 Å². The summed E-state index contributed by atoms with van der Waals surface area (Å²) in [6.07, 6.45) is 6.83. The van der Waals surface area contributed by atoms with E-state index in [9.17, 15) is 0 Å². The smallest absolute Gasteiger partial charge is 0.0342 e. The van der Waals surface area contributed by atoms with Gasteiger partial charge in [0.05, 0.1) is 0 Å². The van der Waals surface area contributed by atoms with Gasteiger partial charge in [0, 0.05) is 11.7 Å². The Kier molecular flexibility index (Phi) is 3.87. The number of benzene rings is 1. The molecular weight excluding hydrogens is 194 g/mol. The lowest BCUT2D eigenvalue weighted by molar-refractivity contribution is 0.502. The summed E-state index contributed by atoms with van der Waals surface area (Å²) in [4.78, 5) is 0. The lowest BCUT2D eigenvalue weighted by Crippen LogP contribution is -2.18. The van der Waals surface area contributed by atoms with Crippen molar-refractivity contribution in [3.63, 3.8) is 0 Å². The van der Waals surface area contributed by atoms with Crippen molar-refractivity contribution in [1.82, 2.24) is 0 Å². The number of anilines is 1. The van der Waals surface area contributed by atoms with E-state index in [1.165, 1.54) is 43.4 Å². The second kappa shape index (κ2) is 5.38. The molecule has 16 heavy (non-hydrogen) atoms. The monoisotopic (exact) mass is 217 g/mol. The molecule has 1 aliphatic carbocycles. The van der Waals surface area contributed by atoms with Gasteiger partial charge in [-0.05, 0) is 44.2 Å². The summed E-state index contributed by atoms with van der Waals surface area (Å²) >= 11 is 0. The molecule has 1 aromatic rings. The fraction of sp³-hybridized carbons (Fsp3) is 0.600. The van der Waals surface area contributed by atoms with Crippen molar-refractivity contribution in [2.24, 2.45) is 5.92 Å². The van der Waals surface area contributed by atoms with Gasteiger partial charge in [-0.3, -0.25) is 0 Å². The van der Waals surface area contributed by atoms with Crippen molar-refractivity contribution in [1.29, 1.82) is 0 Å². The van der Waals surface area contributed by atoms with Crippen LogP contribution >= 0.6 is 0 Å². The van der Waals surface area contributed by atoms with Crippen LogP contribution in [0.3, 0.4) is 0 Å². The number of aryl methyl sites for hydroxylation is 1. The Balaban J connectivity index is 1.91. The molecule has 2 unspecified atom stereocenters. The Bertz CT molecular complexity index is 315. The van der Waals surface area contributed by atoms with Crippen molar-refractivity contribution in [2.75, 3.05) is 5.32 Å². The molecule has 1 saturated carbocycles. The van der Waals surface area contributed by atoms with Gasteiger partial charge in [-0.1, -0.05) is 37.5 Å². The first-order valence-corrected chi connectivity index (χ1v) is 6.57. The van der Waals surface area contributed by atoms with E-state index in [4.69, 9.17) is 0 Å². The van der Waals surface area contributed by atoms with Crippen molar-refractivity contribution >= 4 is 5.69 Å². The Labute approximate surface area is 99.3 Å². The average molecular weight is 217 g/mol. The first-order valence-electron chi connectivity index (χ1n) is 6.57. The lowest BCUT2D eigenvalue weighted by atomic mass is 10.0. The van der Waals surface area contributed by atoms with Gasteiger partial charge in [0.15, 0.2) is 0 Å². The first-order chi connectivity index (χ1) is 7.74. The van der Waals surface area contributed by atoms with Gasteiger partial charge in [0.1, 0.15) is 0 Å². The highest BCUT2D eigenvalue weighted by molar-refractivity contribution is 5.45. The zero-order valence-electron chi connectivity index (χ0n) is 10.5. The van der Waals surface area contributed by atoms with Gasteiger partial charge in [0.2, 0.25) is 0 Å². The molecule has 1 N–H and O–H groups in total. The van der Waals surface area contributed by atoms with Crippen molar-refractivity contribution < 1.29 is 0 Å². The molecule has 1 aromatic carbocycles.